The van der Waals surface area contributed by atoms with Crippen molar-refractivity contribution in [1.82, 2.24) is 4.57 Å². The molecule has 4 nitrogen and oxygen atoms in total. The minimum Gasteiger partial charge on any atom is -0.468 e. The minimum absolute atomic E-state index is 0.238. The Morgan fingerprint density at radius 2 is 2.21 bits per heavy atom. The summed E-state index contributed by atoms with van der Waals surface area (Å²) in [5.74, 6) is -0.689. The number of nitrogens with two attached hydrogens (primary N) is 1. The van der Waals surface area contributed by atoms with E-state index >= 15 is 0 Å². The van der Waals surface area contributed by atoms with Crippen LogP contribution in [0.5, 0.6) is 0 Å². The van der Waals surface area contributed by atoms with Gasteiger partial charge in [0.05, 0.1) is 12.6 Å². The van der Waals surface area contributed by atoms with E-state index in [2.05, 4.69) is 4.74 Å². The number of hydrogen-bond donors (Lipinski definition) is 1. The fourth-order valence-corrected chi connectivity index (χ4v) is 2.33. The summed E-state index contributed by atoms with van der Waals surface area (Å²) in [4.78, 5) is 11.3. The molecule has 1 heterocycles. The van der Waals surface area contributed by atoms with Crippen LogP contribution in [0, 0.1) is 12.7 Å². The van der Waals surface area contributed by atoms with Crippen LogP contribution in [0.15, 0.2) is 18.2 Å². The first-order valence-corrected chi connectivity index (χ1v) is 6.02. The van der Waals surface area contributed by atoms with Gasteiger partial charge in [-0.05, 0) is 25.1 Å². The minimum atomic E-state index is -0.710. The molecule has 0 aliphatic carbocycles. The number of esters is 1. The average molecular weight is 264 g/mol. The number of benzene rings is 1. The third-order valence-electron chi connectivity index (χ3n) is 3.42. The zero-order valence-electron chi connectivity index (χ0n) is 11.2. The highest BCUT2D eigenvalue weighted by molar-refractivity contribution is 5.85. The number of nitrogens with zero attached hydrogens (tertiary/aromatic N) is 1. The van der Waals surface area contributed by atoms with Gasteiger partial charge in [0.25, 0.3) is 0 Å². The molecule has 2 N–H and O–H groups in total. The molecule has 0 saturated carbocycles. The largest absolute Gasteiger partial charge is 0.468 e. The molecule has 102 valence electrons. The van der Waals surface area contributed by atoms with E-state index in [4.69, 9.17) is 5.73 Å². The number of hydrogen-bond acceptors (Lipinski definition) is 3. The number of halogens is 1. The molecule has 0 radical (unpaired) electrons. The van der Waals surface area contributed by atoms with Crippen LogP contribution < -0.4 is 5.73 Å². The summed E-state index contributed by atoms with van der Waals surface area (Å²) in [5, 5.41) is 0.938. The third-order valence-corrected chi connectivity index (χ3v) is 3.42. The van der Waals surface area contributed by atoms with E-state index in [0.29, 0.717) is 12.0 Å². The monoisotopic (exact) mass is 264 g/mol. The molecule has 0 spiro atoms. The lowest BCUT2D eigenvalue weighted by Crippen LogP contribution is -2.34. The van der Waals surface area contributed by atoms with E-state index in [0.717, 1.165) is 16.6 Å². The SMILES string of the molecule is COC(=O)C(N)Cc1cc2ccc(F)c(C)c2n1C. The smallest absolute Gasteiger partial charge is 0.323 e. The molecular weight excluding hydrogens is 247 g/mol. The maximum Gasteiger partial charge on any atom is 0.323 e. The van der Waals surface area contributed by atoms with Gasteiger partial charge in [-0.15, -0.1) is 0 Å². The van der Waals surface area contributed by atoms with Crippen molar-refractivity contribution in [1.29, 1.82) is 0 Å². The van der Waals surface area contributed by atoms with Gasteiger partial charge in [-0.3, -0.25) is 4.79 Å². The van der Waals surface area contributed by atoms with Crippen molar-refractivity contribution in [3.63, 3.8) is 0 Å². The van der Waals surface area contributed by atoms with Gasteiger partial charge in [0.15, 0.2) is 0 Å². The Balaban J connectivity index is 2.43. The van der Waals surface area contributed by atoms with Crippen molar-refractivity contribution >= 4 is 16.9 Å². The van der Waals surface area contributed by atoms with Gasteiger partial charge in [0.1, 0.15) is 11.9 Å². The Labute approximate surface area is 111 Å². The second kappa shape index (κ2) is 5.01. The molecule has 2 aromatic rings. The standard InChI is InChI=1S/C14H17FN2O2/c1-8-11(15)5-4-9-6-10(17(2)13(8)9)7-12(16)14(18)19-3/h4-6,12H,7,16H2,1-3H3. The van der Waals surface area contributed by atoms with Crippen molar-refractivity contribution in [2.75, 3.05) is 7.11 Å². The van der Waals surface area contributed by atoms with Crippen LogP contribution in [0.3, 0.4) is 0 Å². The highest BCUT2D eigenvalue weighted by atomic mass is 19.1. The number of methoxy groups -OCH3 is 1. The van der Waals surface area contributed by atoms with Crippen LogP contribution in [0.25, 0.3) is 10.9 Å². The van der Waals surface area contributed by atoms with Crippen LogP contribution in [0.2, 0.25) is 0 Å². The van der Waals surface area contributed by atoms with Gasteiger partial charge >= 0.3 is 5.97 Å². The van der Waals surface area contributed by atoms with Gasteiger partial charge in [-0.25, -0.2) is 4.39 Å². The lowest BCUT2D eigenvalue weighted by atomic mass is 10.1. The molecular formula is C14H17FN2O2. The Hall–Kier alpha value is -1.88. The summed E-state index contributed by atoms with van der Waals surface area (Å²) in [6, 6.07) is 4.38. The normalized spacial score (nSPS) is 12.7. The Bertz CT molecular complexity index is 634. The number of carbonyl (C=O) groups is 1. The predicted octanol–water partition coefficient (Wildman–Crippen LogP) is 1.67. The lowest BCUT2D eigenvalue weighted by Gasteiger charge is -2.10. The van der Waals surface area contributed by atoms with Gasteiger partial charge < -0.3 is 15.0 Å². The number of rotatable bonds is 3. The number of fused-ring (bicyclic) bond motifs is 1. The van der Waals surface area contributed by atoms with E-state index in [1.807, 2.05) is 17.7 Å². The first-order chi connectivity index (χ1) is 8.95. The van der Waals surface area contributed by atoms with Crippen molar-refractivity contribution in [2.45, 2.75) is 19.4 Å². The highest BCUT2D eigenvalue weighted by Crippen LogP contribution is 2.24. The summed E-state index contributed by atoms with van der Waals surface area (Å²) in [6.07, 6.45) is 0.360. The average Bonchev–Trinajstić information content (AvgIpc) is 2.70. The zero-order chi connectivity index (χ0) is 14.2. The maximum absolute atomic E-state index is 13.6. The van der Waals surface area contributed by atoms with E-state index in [-0.39, 0.29) is 5.82 Å². The molecule has 1 aromatic heterocycles. The van der Waals surface area contributed by atoms with Gasteiger partial charge in [0.2, 0.25) is 0 Å². The molecule has 0 amide bonds. The maximum atomic E-state index is 13.6. The molecule has 1 unspecified atom stereocenters. The number of carbonyl (C=O) groups excluding carboxylic acids is 1. The van der Waals surface area contributed by atoms with Crippen molar-refractivity contribution in [3.05, 3.63) is 35.3 Å². The molecule has 0 saturated heterocycles. The van der Waals surface area contributed by atoms with Gasteiger partial charge in [0, 0.05) is 30.1 Å². The van der Waals surface area contributed by atoms with E-state index in [9.17, 15) is 9.18 Å². The number of aromatic nitrogens is 1. The Kier molecular flexibility index (Phi) is 3.57. The molecule has 0 aliphatic rings. The van der Waals surface area contributed by atoms with Crippen LogP contribution in [0.1, 0.15) is 11.3 Å². The number of aryl methyl sites for hydroxylation is 2. The summed E-state index contributed by atoms with van der Waals surface area (Å²) in [6.45, 7) is 1.74. The quantitative estimate of drug-likeness (QED) is 0.858. The Morgan fingerprint density at radius 3 is 2.84 bits per heavy atom. The summed E-state index contributed by atoms with van der Waals surface area (Å²) >= 11 is 0. The number of ether oxygens (including phenoxy) is 1. The van der Waals surface area contributed by atoms with Crippen LogP contribution >= 0.6 is 0 Å². The lowest BCUT2D eigenvalue weighted by molar-refractivity contribution is -0.142. The van der Waals surface area contributed by atoms with Crippen LogP contribution in [-0.4, -0.2) is 23.7 Å². The second-order valence-corrected chi connectivity index (χ2v) is 4.64. The summed E-state index contributed by atoms with van der Waals surface area (Å²) in [7, 11) is 3.15. The van der Waals surface area contributed by atoms with Crippen LogP contribution in [-0.2, 0) is 23.0 Å². The first-order valence-electron chi connectivity index (χ1n) is 6.02. The molecule has 5 heteroatoms. The fraction of sp³-hybridized carbons (Fsp3) is 0.357. The molecule has 0 aliphatic heterocycles. The van der Waals surface area contributed by atoms with E-state index < -0.39 is 12.0 Å². The summed E-state index contributed by atoms with van der Waals surface area (Å²) in [5.41, 5.74) is 8.05. The molecule has 19 heavy (non-hydrogen) atoms. The van der Waals surface area contributed by atoms with Gasteiger partial charge in [-0.2, -0.15) is 0 Å². The van der Waals surface area contributed by atoms with Gasteiger partial charge in [-0.1, -0.05) is 0 Å². The van der Waals surface area contributed by atoms with Crippen molar-refractivity contribution in [2.24, 2.45) is 12.8 Å². The van der Waals surface area contributed by atoms with E-state index in [1.165, 1.54) is 13.2 Å². The summed E-state index contributed by atoms with van der Waals surface area (Å²) < 4.78 is 20.1. The first kappa shape index (κ1) is 13.5. The Morgan fingerprint density at radius 1 is 1.53 bits per heavy atom. The third kappa shape index (κ3) is 2.33. The second-order valence-electron chi connectivity index (χ2n) is 4.64. The van der Waals surface area contributed by atoms with Crippen LogP contribution in [0.4, 0.5) is 4.39 Å². The van der Waals surface area contributed by atoms with E-state index in [1.54, 1.807) is 13.0 Å². The molecule has 1 aromatic carbocycles. The zero-order valence-corrected chi connectivity index (χ0v) is 11.2. The topological polar surface area (TPSA) is 57.2 Å². The molecule has 1 atom stereocenters. The van der Waals surface area contributed by atoms with Crippen molar-refractivity contribution in [3.8, 4) is 0 Å². The molecule has 0 bridgehead atoms. The van der Waals surface area contributed by atoms with Crippen molar-refractivity contribution < 1.29 is 13.9 Å². The predicted molar refractivity (Wildman–Crippen MR) is 71.3 cm³/mol. The molecule has 0 fully saturated rings. The fourth-order valence-electron chi connectivity index (χ4n) is 2.33. The highest BCUT2D eigenvalue weighted by Gasteiger charge is 2.18. The molecule has 2 rings (SSSR count).